The fourth-order valence-electron chi connectivity index (χ4n) is 1.92. The van der Waals surface area contributed by atoms with Gasteiger partial charge in [0.05, 0.1) is 6.10 Å². The van der Waals surface area contributed by atoms with E-state index >= 15 is 0 Å². The Bertz CT molecular complexity index is 518. The maximum absolute atomic E-state index is 9.22. The lowest BCUT2D eigenvalue weighted by molar-refractivity contribution is 0.242. The van der Waals surface area contributed by atoms with E-state index < -0.39 is 0 Å². The molecule has 0 radical (unpaired) electrons. The molecule has 2 aromatic carbocycles. The van der Waals surface area contributed by atoms with E-state index in [0.29, 0.717) is 5.75 Å². The second-order valence-corrected chi connectivity index (χ2v) is 5.08. The highest BCUT2D eigenvalue weighted by molar-refractivity contribution is 5.28. The average molecular weight is 271 g/mol. The van der Waals surface area contributed by atoms with Crippen molar-refractivity contribution in [1.29, 1.82) is 0 Å². The highest BCUT2D eigenvalue weighted by Crippen LogP contribution is 2.14. The summed E-state index contributed by atoms with van der Waals surface area (Å²) in [5.74, 6) is 1.21. The smallest absolute Gasteiger partial charge is 0.119 e. The van der Waals surface area contributed by atoms with Gasteiger partial charge in [-0.15, -0.1) is 0 Å². The van der Waals surface area contributed by atoms with Gasteiger partial charge in [0.25, 0.3) is 0 Å². The van der Waals surface area contributed by atoms with Crippen LogP contribution in [0.1, 0.15) is 25.0 Å². The van der Waals surface area contributed by atoms with E-state index in [2.05, 4.69) is 17.4 Å². The number of benzene rings is 2. The Hall–Kier alpha value is -2.00. The minimum absolute atomic E-state index is 0.202. The van der Waals surface area contributed by atoms with Gasteiger partial charge in [-0.3, -0.25) is 0 Å². The highest BCUT2D eigenvalue weighted by Gasteiger charge is 1.98. The molecule has 0 aromatic heterocycles. The number of aromatic hydroxyl groups is 1. The molecule has 0 saturated heterocycles. The van der Waals surface area contributed by atoms with Gasteiger partial charge in [0.15, 0.2) is 0 Å². The molecule has 0 heterocycles. The second kappa shape index (κ2) is 6.96. The summed E-state index contributed by atoms with van der Waals surface area (Å²) in [6, 6.07) is 15.4. The van der Waals surface area contributed by atoms with Crippen molar-refractivity contribution in [2.75, 3.05) is 0 Å². The molecule has 20 heavy (non-hydrogen) atoms. The highest BCUT2D eigenvalue weighted by atomic mass is 16.5. The fourth-order valence-corrected chi connectivity index (χ4v) is 1.92. The lowest BCUT2D eigenvalue weighted by Gasteiger charge is -2.10. The van der Waals surface area contributed by atoms with Crippen molar-refractivity contribution >= 4 is 0 Å². The number of phenols is 1. The van der Waals surface area contributed by atoms with Crippen molar-refractivity contribution in [3.8, 4) is 11.5 Å². The molecule has 0 fully saturated rings. The van der Waals surface area contributed by atoms with Crippen LogP contribution in [0, 0.1) is 0 Å². The molecule has 0 bridgehead atoms. The molecule has 3 heteroatoms. The summed E-state index contributed by atoms with van der Waals surface area (Å²) >= 11 is 0. The fraction of sp³-hybridized carbons (Fsp3) is 0.294. The van der Waals surface area contributed by atoms with Crippen molar-refractivity contribution in [2.45, 2.75) is 33.0 Å². The maximum Gasteiger partial charge on any atom is 0.119 e. The van der Waals surface area contributed by atoms with Crippen LogP contribution in [-0.4, -0.2) is 11.2 Å². The summed E-state index contributed by atoms with van der Waals surface area (Å²) in [6.45, 7) is 5.63. The van der Waals surface area contributed by atoms with Gasteiger partial charge in [-0.05, 0) is 49.2 Å². The lowest BCUT2D eigenvalue weighted by Crippen LogP contribution is -2.12. The van der Waals surface area contributed by atoms with Crippen LogP contribution in [0.2, 0.25) is 0 Å². The molecule has 0 spiro atoms. The zero-order chi connectivity index (χ0) is 14.4. The number of phenolic OH excluding ortho intramolecular Hbond substituents is 1. The van der Waals surface area contributed by atoms with Crippen LogP contribution in [0.4, 0.5) is 0 Å². The van der Waals surface area contributed by atoms with Crippen LogP contribution in [0.3, 0.4) is 0 Å². The van der Waals surface area contributed by atoms with E-state index in [1.54, 1.807) is 12.1 Å². The van der Waals surface area contributed by atoms with E-state index in [0.717, 1.165) is 24.4 Å². The van der Waals surface area contributed by atoms with Crippen LogP contribution in [0.5, 0.6) is 11.5 Å². The Morgan fingerprint density at radius 3 is 1.90 bits per heavy atom. The lowest BCUT2D eigenvalue weighted by atomic mass is 10.2. The minimum Gasteiger partial charge on any atom is -0.508 e. The molecule has 0 aliphatic rings. The van der Waals surface area contributed by atoms with Crippen molar-refractivity contribution < 1.29 is 9.84 Å². The van der Waals surface area contributed by atoms with Gasteiger partial charge < -0.3 is 15.2 Å². The van der Waals surface area contributed by atoms with Crippen molar-refractivity contribution in [2.24, 2.45) is 0 Å². The number of ether oxygens (including phenoxy) is 1. The van der Waals surface area contributed by atoms with Gasteiger partial charge in [-0.1, -0.05) is 24.3 Å². The standard InChI is InChI=1S/C17H21NO2/c1-13(2)20-17-9-5-15(6-10-17)12-18-11-14-3-7-16(19)8-4-14/h3-10,13,18-19H,11-12H2,1-2H3. The largest absolute Gasteiger partial charge is 0.508 e. The maximum atomic E-state index is 9.22. The zero-order valence-electron chi connectivity index (χ0n) is 12.0. The number of hydrogen-bond acceptors (Lipinski definition) is 3. The van der Waals surface area contributed by atoms with Gasteiger partial charge in [0.1, 0.15) is 11.5 Å². The van der Waals surface area contributed by atoms with E-state index in [9.17, 15) is 5.11 Å². The Labute approximate surface area is 120 Å². The zero-order valence-corrected chi connectivity index (χ0v) is 12.0. The van der Waals surface area contributed by atoms with E-state index in [1.165, 1.54) is 5.56 Å². The predicted molar refractivity (Wildman–Crippen MR) is 80.9 cm³/mol. The molecule has 0 unspecified atom stereocenters. The van der Waals surface area contributed by atoms with Crippen LogP contribution in [0.15, 0.2) is 48.5 Å². The van der Waals surface area contributed by atoms with E-state index in [4.69, 9.17) is 4.74 Å². The molecule has 3 nitrogen and oxygen atoms in total. The number of rotatable bonds is 6. The van der Waals surface area contributed by atoms with Crippen molar-refractivity contribution in [3.05, 3.63) is 59.7 Å². The summed E-state index contributed by atoms with van der Waals surface area (Å²) < 4.78 is 5.61. The molecule has 0 atom stereocenters. The molecule has 2 N–H and O–H groups in total. The van der Waals surface area contributed by atoms with Crippen LogP contribution in [0.25, 0.3) is 0 Å². The number of nitrogens with one attached hydrogen (secondary N) is 1. The third kappa shape index (κ3) is 4.59. The first kappa shape index (κ1) is 14.4. The summed E-state index contributed by atoms with van der Waals surface area (Å²) in [6.07, 6.45) is 0.202. The van der Waals surface area contributed by atoms with E-state index in [1.807, 2.05) is 38.1 Å². The second-order valence-electron chi connectivity index (χ2n) is 5.08. The quantitative estimate of drug-likeness (QED) is 0.845. The third-order valence-corrected chi connectivity index (χ3v) is 2.89. The van der Waals surface area contributed by atoms with Crippen LogP contribution in [-0.2, 0) is 13.1 Å². The Morgan fingerprint density at radius 2 is 1.40 bits per heavy atom. The van der Waals surface area contributed by atoms with Crippen molar-refractivity contribution in [1.82, 2.24) is 5.32 Å². The first-order chi connectivity index (χ1) is 9.63. The van der Waals surface area contributed by atoms with Gasteiger partial charge in [-0.25, -0.2) is 0 Å². The molecule has 2 rings (SSSR count). The van der Waals surface area contributed by atoms with Crippen molar-refractivity contribution in [3.63, 3.8) is 0 Å². The Kier molecular flexibility index (Phi) is 5.02. The first-order valence-electron chi connectivity index (χ1n) is 6.88. The molecule has 2 aromatic rings. The molecular weight excluding hydrogens is 250 g/mol. The summed E-state index contributed by atoms with van der Waals surface area (Å²) in [5, 5.41) is 12.6. The van der Waals surface area contributed by atoms with Gasteiger partial charge in [0, 0.05) is 13.1 Å². The number of hydrogen-bond donors (Lipinski definition) is 2. The molecule has 0 aliphatic heterocycles. The molecular formula is C17H21NO2. The summed E-state index contributed by atoms with van der Waals surface area (Å²) in [4.78, 5) is 0. The van der Waals surface area contributed by atoms with Crippen LogP contribution >= 0.6 is 0 Å². The summed E-state index contributed by atoms with van der Waals surface area (Å²) in [7, 11) is 0. The molecule has 0 saturated carbocycles. The SMILES string of the molecule is CC(C)Oc1ccc(CNCc2ccc(O)cc2)cc1. The molecule has 0 aliphatic carbocycles. The van der Waals surface area contributed by atoms with Gasteiger partial charge in [0.2, 0.25) is 0 Å². The Morgan fingerprint density at radius 1 is 0.900 bits per heavy atom. The van der Waals surface area contributed by atoms with Crippen LogP contribution < -0.4 is 10.1 Å². The summed E-state index contributed by atoms with van der Waals surface area (Å²) in [5.41, 5.74) is 2.38. The Balaban J connectivity index is 1.80. The first-order valence-corrected chi connectivity index (χ1v) is 6.88. The predicted octanol–water partition coefficient (Wildman–Crippen LogP) is 3.47. The van der Waals surface area contributed by atoms with E-state index in [-0.39, 0.29) is 6.10 Å². The topological polar surface area (TPSA) is 41.5 Å². The van der Waals surface area contributed by atoms with Gasteiger partial charge in [-0.2, -0.15) is 0 Å². The average Bonchev–Trinajstić information content (AvgIpc) is 2.42. The molecule has 0 amide bonds. The van der Waals surface area contributed by atoms with Gasteiger partial charge >= 0.3 is 0 Å². The normalized spacial score (nSPS) is 10.8. The minimum atomic E-state index is 0.202. The monoisotopic (exact) mass is 271 g/mol. The molecule has 106 valence electrons. The third-order valence-electron chi connectivity index (χ3n) is 2.89.